The molecule has 0 saturated carbocycles. The first kappa shape index (κ1) is 23.3. The zero-order chi connectivity index (χ0) is 22.9. The smallest absolute Gasteiger partial charge is 0.246 e. The lowest BCUT2D eigenvalue weighted by molar-refractivity contribution is 0.122. The molecule has 2 aliphatic heterocycles. The van der Waals surface area contributed by atoms with E-state index in [0.717, 1.165) is 26.8 Å². The lowest BCUT2D eigenvalue weighted by Crippen LogP contribution is -2.54. The second-order valence-electron chi connectivity index (χ2n) is 7.31. The van der Waals surface area contributed by atoms with Crippen LogP contribution in [0.4, 0.5) is 14.6 Å². The highest BCUT2D eigenvalue weighted by Gasteiger charge is 2.42. The van der Waals surface area contributed by atoms with Gasteiger partial charge in [-0.2, -0.15) is 0 Å². The molecule has 9 nitrogen and oxygen atoms in total. The zero-order valence-corrected chi connectivity index (χ0v) is 18.7. The monoisotopic (exact) mass is 488 g/mol. The molecule has 4 rings (SSSR count). The van der Waals surface area contributed by atoms with E-state index in [1.165, 1.54) is 12.3 Å². The number of ether oxygens (including phenoxy) is 1. The molecule has 2 unspecified atom stereocenters. The number of aromatic nitrogens is 1. The average molecular weight is 489 g/mol. The van der Waals surface area contributed by atoms with Gasteiger partial charge in [-0.15, -0.1) is 8.61 Å². The average Bonchev–Trinajstić information content (AvgIpc) is 2.79. The molecule has 2 fully saturated rings. The van der Waals surface area contributed by atoms with Gasteiger partial charge >= 0.3 is 0 Å². The molecule has 174 valence electrons. The minimum absolute atomic E-state index is 0.00837. The summed E-state index contributed by atoms with van der Waals surface area (Å²) < 4.78 is 86.6. The Labute approximate surface area is 186 Å². The maximum atomic E-state index is 14.0. The van der Waals surface area contributed by atoms with Crippen LogP contribution in [0.3, 0.4) is 0 Å². The first-order chi connectivity index (χ1) is 15.2. The van der Waals surface area contributed by atoms with E-state index in [1.807, 2.05) is 4.90 Å². The van der Waals surface area contributed by atoms with Gasteiger partial charge in [-0.1, -0.05) is 14.5 Å². The molecule has 0 spiro atoms. The highest BCUT2D eigenvalue weighted by atomic mass is 32.3. The number of piperazine rings is 1. The number of anilines is 1. The van der Waals surface area contributed by atoms with Crippen molar-refractivity contribution in [3.8, 4) is 0 Å². The van der Waals surface area contributed by atoms with Crippen LogP contribution in [0.5, 0.6) is 0 Å². The molecule has 32 heavy (non-hydrogen) atoms. The number of benzene rings is 1. The van der Waals surface area contributed by atoms with Crippen molar-refractivity contribution >= 4 is 26.6 Å². The largest absolute Gasteiger partial charge is 0.593 e. The Kier molecular flexibility index (Phi) is 6.68. The second-order valence-corrected chi connectivity index (χ2v) is 11.1. The van der Waals surface area contributed by atoms with Gasteiger partial charge in [0.2, 0.25) is 4.90 Å². The van der Waals surface area contributed by atoms with Crippen molar-refractivity contribution in [3.63, 3.8) is 0 Å². The number of nitrogens with zero attached hydrogens (tertiary/aromatic N) is 4. The maximum Gasteiger partial charge on any atom is 0.246 e. The van der Waals surface area contributed by atoms with Crippen LogP contribution in [-0.4, -0.2) is 75.2 Å². The van der Waals surface area contributed by atoms with Crippen molar-refractivity contribution in [3.05, 3.63) is 48.2 Å². The molecule has 2 aliphatic rings. The van der Waals surface area contributed by atoms with E-state index in [1.54, 1.807) is 6.07 Å². The molecule has 0 aliphatic carbocycles. The number of hydrogen-bond acceptors (Lipinski definition) is 7. The van der Waals surface area contributed by atoms with Gasteiger partial charge in [-0.05, 0) is 18.2 Å². The van der Waals surface area contributed by atoms with E-state index in [4.69, 9.17) is 4.74 Å². The van der Waals surface area contributed by atoms with E-state index >= 15 is 0 Å². The first-order valence-corrected chi connectivity index (χ1v) is 12.8. The fourth-order valence-corrected chi connectivity index (χ4v) is 6.56. The minimum atomic E-state index is -4.44. The Morgan fingerprint density at radius 3 is 1.94 bits per heavy atom. The molecule has 0 amide bonds. The van der Waals surface area contributed by atoms with Gasteiger partial charge in [0.15, 0.2) is 37.3 Å². The van der Waals surface area contributed by atoms with Crippen molar-refractivity contribution in [2.45, 2.75) is 9.79 Å². The predicted molar refractivity (Wildman–Crippen MR) is 111 cm³/mol. The van der Waals surface area contributed by atoms with Crippen LogP contribution < -0.4 is 4.90 Å². The molecule has 0 radical (unpaired) electrons. The quantitative estimate of drug-likeness (QED) is 0.584. The van der Waals surface area contributed by atoms with Gasteiger partial charge in [0, 0.05) is 19.2 Å². The molecular weight excluding hydrogens is 466 g/mol. The standard InChI is InChI=1S/C19H22F2N4O5S2/c20-16-2-1-3-17(21)19(16)32(28,29)25-8-6-24(7-9-25)31(26,27)15-4-5-18(22-14-15)23-10-12-30-13-11-23/h1-5,14H,6-13H2. The SMILES string of the molecule is O=[S+]([O-])(c1ccc(N2CCOCC2)nc1)N1CCN([S+](=O)([O-])c2c(F)cccc2F)CC1. The van der Waals surface area contributed by atoms with Crippen molar-refractivity contribution in [2.24, 2.45) is 0 Å². The van der Waals surface area contributed by atoms with Gasteiger partial charge in [0.1, 0.15) is 5.82 Å². The molecule has 2 saturated heterocycles. The van der Waals surface area contributed by atoms with Crippen LogP contribution in [-0.2, 0) is 34.0 Å². The van der Waals surface area contributed by atoms with Crippen molar-refractivity contribution in [1.82, 2.24) is 13.6 Å². The number of pyridine rings is 1. The van der Waals surface area contributed by atoms with E-state index in [0.29, 0.717) is 32.1 Å². The highest BCUT2D eigenvalue weighted by molar-refractivity contribution is 7.96. The van der Waals surface area contributed by atoms with Crippen LogP contribution in [0, 0.1) is 11.6 Å². The van der Waals surface area contributed by atoms with Gasteiger partial charge in [0.25, 0.3) is 0 Å². The minimum Gasteiger partial charge on any atom is -0.593 e. The van der Waals surface area contributed by atoms with Crippen LogP contribution in [0.1, 0.15) is 0 Å². The summed E-state index contributed by atoms with van der Waals surface area (Å²) in [7, 11) is -8.34. The van der Waals surface area contributed by atoms with Crippen LogP contribution in [0.2, 0.25) is 0 Å². The van der Waals surface area contributed by atoms with Crippen molar-refractivity contribution in [2.75, 3.05) is 57.4 Å². The van der Waals surface area contributed by atoms with Gasteiger partial charge in [0.05, 0.1) is 45.6 Å². The maximum absolute atomic E-state index is 14.0. The number of sulfonamides is 2. The fraction of sp³-hybridized carbons (Fsp3) is 0.421. The van der Waals surface area contributed by atoms with E-state index in [9.17, 15) is 26.3 Å². The summed E-state index contributed by atoms with van der Waals surface area (Å²) in [5.41, 5.74) is 0. The Bertz CT molecular complexity index is 1040. The number of halogens is 2. The van der Waals surface area contributed by atoms with Crippen molar-refractivity contribution < 1.29 is 31.0 Å². The normalized spacial score (nSPS) is 22.3. The molecule has 1 aromatic heterocycles. The lowest BCUT2D eigenvalue weighted by atomic mass is 10.3. The summed E-state index contributed by atoms with van der Waals surface area (Å²) in [6, 6.07) is 5.89. The predicted octanol–water partition coefficient (Wildman–Crippen LogP) is 1.32. The Morgan fingerprint density at radius 2 is 1.41 bits per heavy atom. The topological polar surface area (TPSA) is 112 Å². The molecule has 0 N–H and O–H groups in total. The van der Waals surface area contributed by atoms with Crippen LogP contribution in [0.25, 0.3) is 0 Å². The van der Waals surface area contributed by atoms with Crippen molar-refractivity contribution in [1.29, 1.82) is 0 Å². The summed E-state index contributed by atoms with van der Waals surface area (Å²) in [6.07, 6.45) is 1.28. The van der Waals surface area contributed by atoms with Gasteiger partial charge in [-0.3, -0.25) is 0 Å². The molecule has 0 bridgehead atoms. The third-order valence-electron chi connectivity index (χ3n) is 5.41. The van der Waals surface area contributed by atoms with Crippen LogP contribution >= 0.6 is 0 Å². The Morgan fingerprint density at radius 1 is 0.844 bits per heavy atom. The summed E-state index contributed by atoms with van der Waals surface area (Å²) in [4.78, 5) is 5.21. The second kappa shape index (κ2) is 9.17. The van der Waals surface area contributed by atoms with E-state index in [-0.39, 0.29) is 31.1 Å². The van der Waals surface area contributed by atoms with Crippen LogP contribution in [0.15, 0.2) is 46.3 Å². The lowest BCUT2D eigenvalue weighted by Gasteiger charge is -2.36. The number of hydrogen-bond donors (Lipinski definition) is 0. The summed E-state index contributed by atoms with van der Waals surface area (Å²) >= 11 is 0. The summed E-state index contributed by atoms with van der Waals surface area (Å²) in [6.45, 7) is 1.72. The molecule has 1 aromatic carbocycles. The highest BCUT2D eigenvalue weighted by Crippen LogP contribution is 2.30. The third kappa shape index (κ3) is 4.46. The molecule has 13 heteroatoms. The Hall–Kier alpha value is -1.87. The molecule has 3 heterocycles. The third-order valence-corrected chi connectivity index (χ3v) is 9.24. The zero-order valence-electron chi connectivity index (χ0n) is 17.0. The molecular formula is C19H22F2N4O5S2. The Balaban J connectivity index is 1.45. The fourth-order valence-electron chi connectivity index (χ4n) is 3.66. The van der Waals surface area contributed by atoms with E-state index < -0.39 is 37.3 Å². The van der Waals surface area contributed by atoms with E-state index in [2.05, 4.69) is 4.98 Å². The number of rotatable bonds is 5. The first-order valence-electron chi connectivity index (χ1n) is 9.94. The van der Waals surface area contributed by atoms with Gasteiger partial charge in [-0.25, -0.2) is 13.8 Å². The summed E-state index contributed by atoms with van der Waals surface area (Å²) in [5, 5.41) is 0. The number of morpholine rings is 1. The van der Waals surface area contributed by atoms with Gasteiger partial charge < -0.3 is 18.7 Å². The molecule has 2 atom stereocenters. The summed E-state index contributed by atoms with van der Waals surface area (Å²) in [5.74, 6) is -1.73. The molecule has 2 aromatic rings.